The van der Waals surface area contributed by atoms with Crippen LogP contribution in [-0.2, 0) is 0 Å². The minimum atomic E-state index is 0.106. The fraction of sp³-hybridized carbons (Fsp3) is 0.417. The van der Waals surface area contributed by atoms with Gasteiger partial charge in [0.05, 0.1) is 11.0 Å². The topological polar surface area (TPSA) is 41.4 Å². The third-order valence-electron chi connectivity index (χ3n) is 6.73. The van der Waals surface area contributed by atoms with Crippen molar-refractivity contribution in [2.75, 3.05) is 20.1 Å². The maximum absolute atomic E-state index is 13.2. The summed E-state index contributed by atoms with van der Waals surface area (Å²) < 4.78 is 2.13. The van der Waals surface area contributed by atoms with E-state index in [1.165, 1.54) is 19.3 Å². The van der Waals surface area contributed by atoms with Crippen LogP contribution >= 0.6 is 0 Å². The molecule has 1 unspecified atom stereocenters. The second-order valence-electron chi connectivity index (χ2n) is 8.47. The summed E-state index contributed by atoms with van der Waals surface area (Å²) in [4.78, 5) is 22.4. The molecule has 2 heterocycles. The van der Waals surface area contributed by atoms with E-state index in [2.05, 4.69) is 20.5 Å². The zero-order valence-electron chi connectivity index (χ0n) is 17.2. The monoisotopic (exact) mass is 388 g/mol. The number of imidazole rings is 1. The highest BCUT2D eigenvalue weighted by atomic mass is 16.2. The second kappa shape index (κ2) is 7.30. The molecule has 1 aromatic heterocycles. The lowest BCUT2D eigenvalue weighted by Crippen LogP contribution is -2.43. The summed E-state index contributed by atoms with van der Waals surface area (Å²) in [5.41, 5.74) is 3.76. The lowest BCUT2D eigenvalue weighted by Gasteiger charge is -2.35. The number of aromatic nitrogens is 2. The Bertz CT molecular complexity index is 1050. The van der Waals surface area contributed by atoms with Gasteiger partial charge in [-0.1, -0.05) is 24.6 Å². The molecule has 1 atom stereocenters. The molecule has 0 N–H and O–H groups in total. The number of hydrogen-bond donors (Lipinski definition) is 0. The third kappa shape index (κ3) is 3.23. The molecule has 0 bridgehead atoms. The van der Waals surface area contributed by atoms with Crippen molar-refractivity contribution < 1.29 is 4.79 Å². The van der Waals surface area contributed by atoms with Crippen molar-refractivity contribution in [3.8, 4) is 5.69 Å². The van der Waals surface area contributed by atoms with Crippen LogP contribution in [0, 0.1) is 6.92 Å². The summed E-state index contributed by atoms with van der Waals surface area (Å²) in [6.07, 6.45) is 5.08. The summed E-state index contributed by atoms with van der Waals surface area (Å²) in [7, 11) is 1.96. The molecule has 0 radical (unpaired) electrons. The van der Waals surface area contributed by atoms with Crippen molar-refractivity contribution in [1.82, 2.24) is 19.4 Å². The number of likely N-dealkylation sites (tertiary alicyclic amines) is 1. The van der Waals surface area contributed by atoms with Crippen LogP contribution in [0.25, 0.3) is 16.7 Å². The molecule has 1 saturated heterocycles. The third-order valence-corrected chi connectivity index (χ3v) is 6.73. The Labute approximate surface area is 171 Å². The molecule has 150 valence electrons. The van der Waals surface area contributed by atoms with Crippen LogP contribution in [0.5, 0.6) is 0 Å². The van der Waals surface area contributed by atoms with Crippen molar-refractivity contribution in [3.63, 3.8) is 0 Å². The van der Waals surface area contributed by atoms with E-state index in [4.69, 9.17) is 0 Å². The number of fused-ring (bicyclic) bond motifs is 1. The van der Waals surface area contributed by atoms with Crippen LogP contribution in [0.4, 0.5) is 0 Å². The highest BCUT2D eigenvalue weighted by Gasteiger charge is 2.34. The van der Waals surface area contributed by atoms with Crippen LogP contribution in [-0.4, -0.2) is 57.5 Å². The number of rotatable bonds is 4. The van der Waals surface area contributed by atoms with Gasteiger partial charge < -0.3 is 4.90 Å². The minimum Gasteiger partial charge on any atom is -0.337 e. The van der Waals surface area contributed by atoms with E-state index in [1.54, 1.807) is 0 Å². The Kier molecular flexibility index (Phi) is 4.63. The van der Waals surface area contributed by atoms with Crippen LogP contribution in [0.2, 0.25) is 0 Å². The van der Waals surface area contributed by atoms with Crippen molar-refractivity contribution in [2.45, 2.75) is 44.7 Å². The number of carbonyl (C=O) groups excluding carboxylic acids is 1. The number of aryl methyl sites for hydroxylation is 1. The number of hydrogen-bond acceptors (Lipinski definition) is 3. The molecule has 1 aliphatic carbocycles. The van der Waals surface area contributed by atoms with Gasteiger partial charge in [-0.2, -0.15) is 0 Å². The highest BCUT2D eigenvalue weighted by molar-refractivity contribution is 5.95. The lowest BCUT2D eigenvalue weighted by molar-refractivity contribution is 0.0720. The first kappa shape index (κ1) is 18.4. The predicted molar refractivity (Wildman–Crippen MR) is 116 cm³/mol. The maximum Gasteiger partial charge on any atom is 0.253 e. The van der Waals surface area contributed by atoms with E-state index in [-0.39, 0.29) is 5.91 Å². The molecule has 5 nitrogen and oxygen atoms in total. The van der Waals surface area contributed by atoms with Gasteiger partial charge in [0.25, 0.3) is 5.91 Å². The second-order valence-corrected chi connectivity index (χ2v) is 8.47. The fourth-order valence-electron chi connectivity index (χ4n) is 4.79. The Hall–Kier alpha value is -2.66. The van der Waals surface area contributed by atoms with Crippen molar-refractivity contribution >= 4 is 16.9 Å². The fourth-order valence-corrected chi connectivity index (χ4v) is 4.79. The van der Waals surface area contributed by atoms with E-state index in [0.717, 1.165) is 53.7 Å². The van der Waals surface area contributed by atoms with Crippen LogP contribution < -0.4 is 0 Å². The zero-order chi connectivity index (χ0) is 20.0. The number of para-hydroxylation sites is 2. The van der Waals surface area contributed by atoms with Gasteiger partial charge in [-0.25, -0.2) is 4.98 Å². The summed E-state index contributed by atoms with van der Waals surface area (Å²) in [5, 5.41) is 0. The van der Waals surface area contributed by atoms with Gasteiger partial charge in [-0.3, -0.25) is 14.3 Å². The number of carbonyl (C=O) groups is 1. The summed E-state index contributed by atoms with van der Waals surface area (Å²) >= 11 is 0. The van der Waals surface area contributed by atoms with Crippen LogP contribution in [0.3, 0.4) is 0 Å². The van der Waals surface area contributed by atoms with Crippen molar-refractivity contribution in [2.24, 2.45) is 0 Å². The van der Waals surface area contributed by atoms with Crippen LogP contribution in [0.1, 0.15) is 41.9 Å². The Morgan fingerprint density at radius 3 is 2.72 bits per heavy atom. The molecule has 1 aliphatic heterocycles. The summed E-state index contributed by atoms with van der Waals surface area (Å²) in [5.74, 6) is 1.03. The van der Waals surface area contributed by atoms with Gasteiger partial charge in [-0.15, -0.1) is 0 Å². The Morgan fingerprint density at radius 2 is 1.93 bits per heavy atom. The van der Waals surface area contributed by atoms with E-state index < -0.39 is 0 Å². The van der Waals surface area contributed by atoms with Gasteiger partial charge in [-0.05, 0) is 56.5 Å². The summed E-state index contributed by atoms with van der Waals surface area (Å²) in [6, 6.07) is 17.1. The van der Waals surface area contributed by atoms with E-state index in [9.17, 15) is 4.79 Å². The molecule has 29 heavy (non-hydrogen) atoms. The van der Waals surface area contributed by atoms with Gasteiger partial charge in [0.1, 0.15) is 5.82 Å². The number of likely N-dealkylation sites (N-methyl/N-ethyl adjacent to an activating group) is 1. The average Bonchev–Trinajstić information content (AvgIpc) is 3.29. The smallest absolute Gasteiger partial charge is 0.253 e. The molecule has 2 aromatic carbocycles. The van der Waals surface area contributed by atoms with Crippen molar-refractivity contribution in [1.29, 1.82) is 0 Å². The number of benzene rings is 2. The number of amides is 1. The normalized spacial score (nSPS) is 20.1. The molecular formula is C24H28N4O. The van der Waals surface area contributed by atoms with Crippen molar-refractivity contribution in [3.05, 3.63) is 59.9 Å². The summed E-state index contributed by atoms with van der Waals surface area (Å²) in [6.45, 7) is 4.14. The molecule has 0 spiro atoms. The maximum atomic E-state index is 13.2. The van der Waals surface area contributed by atoms with E-state index >= 15 is 0 Å². The largest absolute Gasteiger partial charge is 0.337 e. The van der Waals surface area contributed by atoms with Gasteiger partial charge in [0, 0.05) is 43.5 Å². The standard InChI is InChI=1S/C24H28N4O/c1-17-25-22-11-3-4-12-23(22)28(17)20-10-5-7-18(15-20)24(29)26(2)21-13-14-27(16-21)19-8-6-9-19/h3-5,7,10-12,15,19,21H,6,8-9,13-14,16H2,1-2H3. The first-order chi connectivity index (χ1) is 14.1. The molecule has 2 fully saturated rings. The minimum absolute atomic E-state index is 0.106. The van der Waals surface area contributed by atoms with E-state index in [0.29, 0.717) is 6.04 Å². The molecule has 5 rings (SSSR count). The zero-order valence-corrected chi connectivity index (χ0v) is 17.2. The Balaban J connectivity index is 1.39. The average molecular weight is 389 g/mol. The molecule has 1 saturated carbocycles. The first-order valence-electron chi connectivity index (χ1n) is 10.7. The number of nitrogens with zero attached hydrogens (tertiary/aromatic N) is 4. The molecule has 2 aliphatic rings. The van der Waals surface area contributed by atoms with Gasteiger partial charge in [0.2, 0.25) is 0 Å². The Morgan fingerprint density at radius 1 is 1.10 bits per heavy atom. The molecular weight excluding hydrogens is 360 g/mol. The van der Waals surface area contributed by atoms with Gasteiger partial charge in [0.15, 0.2) is 0 Å². The SMILES string of the molecule is Cc1nc2ccccc2n1-c1cccc(C(=O)N(C)C2CCN(C3CCC3)C2)c1. The van der Waals surface area contributed by atoms with Crippen LogP contribution in [0.15, 0.2) is 48.5 Å². The first-order valence-corrected chi connectivity index (χ1v) is 10.7. The van der Waals surface area contributed by atoms with E-state index in [1.807, 2.05) is 61.3 Å². The molecule has 1 amide bonds. The van der Waals surface area contributed by atoms with Gasteiger partial charge >= 0.3 is 0 Å². The predicted octanol–water partition coefficient (Wildman–Crippen LogP) is 4.03. The highest BCUT2D eigenvalue weighted by Crippen LogP contribution is 2.29. The molecule has 3 aromatic rings. The molecule has 5 heteroatoms. The lowest BCUT2D eigenvalue weighted by atomic mass is 9.92. The quantitative estimate of drug-likeness (QED) is 0.678.